The third kappa shape index (κ3) is 5.76. The van der Waals surface area contributed by atoms with Gasteiger partial charge >= 0.3 is 6.61 Å². The van der Waals surface area contributed by atoms with E-state index < -0.39 is 41.4 Å². The summed E-state index contributed by atoms with van der Waals surface area (Å²) in [6.07, 6.45) is -0.451. The molecule has 0 saturated carbocycles. The topological polar surface area (TPSA) is 91.3 Å². The Bertz CT molecular complexity index is 1000. The van der Waals surface area contributed by atoms with E-state index in [-0.39, 0.29) is 22.7 Å². The highest BCUT2D eigenvalue weighted by Gasteiger charge is 2.47. The Morgan fingerprint density at radius 2 is 1.62 bits per heavy atom. The van der Waals surface area contributed by atoms with Gasteiger partial charge in [0.1, 0.15) is 5.75 Å². The zero-order chi connectivity index (χ0) is 24.1. The monoisotopic (exact) mass is 473 g/mol. The molecule has 0 aromatic heterocycles. The van der Waals surface area contributed by atoms with Crippen molar-refractivity contribution in [3.63, 3.8) is 0 Å². The second-order valence-electron chi connectivity index (χ2n) is 6.73. The number of carbonyl (C=O) groups excluding carboxylic acids is 2. The maximum atomic E-state index is 13.9. The van der Waals surface area contributed by atoms with Crippen molar-refractivity contribution in [1.82, 2.24) is 0 Å². The van der Waals surface area contributed by atoms with Gasteiger partial charge < -0.3 is 20.8 Å². The molecule has 2 amide bonds. The van der Waals surface area contributed by atoms with Gasteiger partial charge in [0.15, 0.2) is 0 Å². The number of rotatable bonds is 9. The number of nitrogens with one attached hydrogen (secondary N) is 3. The van der Waals surface area contributed by atoms with Crippen LogP contribution in [-0.2, 0) is 15.5 Å². The molecule has 0 aliphatic heterocycles. The summed E-state index contributed by atoms with van der Waals surface area (Å²) in [5.74, 6) is -5.49. The van der Waals surface area contributed by atoms with Gasteiger partial charge in [-0.05, 0) is 43.3 Å². The number of hydrogen-bond donors (Lipinski definition) is 3. The molecular formula is C21H20ClF4N3O3. The Balaban J connectivity index is 2.22. The predicted octanol–water partition coefficient (Wildman–Crippen LogP) is 5.38. The van der Waals surface area contributed by atoms with Crippen molar-refractivity contribution in [1.29, 1.82) is 5.41 Å². The molecular weight excluding hydrogens is 454 g/mol. The van der Waals surface area contributed by atoms with E-state index in [0.717, 1.165) is 25.1 Å². The molecule has 2 rings (SSSR count). The molecule has 2 aromatic carbocycles. The number of halogens is 5. The first-order valence-electron chi connectivity index (χ1n) is 9.30. The van der Waals surface area contributed by atoms with E-state index in [1.807, 2.05) is 0 Å². The Morgan fingerprint density at radius 1 is 1.06 bits per heavy atom. The largest absolute Gasteiger partial charge is 0.435 e. The molecule has 0 fully saturated rings. The minimum atomic E-state index is -3.12. The van der Waals surface area contributed by atoms with Crippen LogP contribution >= 0.6 is 11.6 Å². The molecule has 0 spiro atoms. The first-order valence-corrected chi connectivity index (χ1v) is 9.68. The fourth-order valence-corrected chi connectivity index (χ4v) is 2.72. The van der Waals surface area contributed by atoms with Gasteiger partial charge in [0.25, 0.3) is 17.7 Å². The summed E-state index contributed by atoms with van der Waals surface area (Å²) in [6.45, 7) is -0.580. The summed E-state index contributed by atoms with van der Waals surface area (Å²) in [4.78, 5) is 23.0. The van der Waals surface area contributed by atoms with Crippen LogP contribution in [0, 0.1) is 5.41 Å². The van der Waals surface area contributed by atoms with Crippen molar-refractivity contribution >= 4 is 40.5 Å². The molecule has 0 aliphatic carbocycles. The van der Waals surface area contributed by atoms with Gasteiger partial charge in [-0.1, -0.05) is 30.7 Å². The lowest BCUT2D eigenvalue weighted by Gasteiger charge is -2.24. The standard InChI is InChI=1S/C21H20ClF4N3O3/c1-3-20(25,26)13-5-4-6-15(11-13)29-18(31)21(22,12(2)27)17(30)28-14-7-9-16(10-8-14)32-19(23)24/h4-11,19,27H,3H2,1-2H3,(H,28,30)(H,29,31). The summed E-state index contributed by atoms with van der Waals surface area (Å²) in [5, 5.41) is 12.5. The average Bonchev–Trinajstić information content (AvgIpc) is 2.74. The minimum absolute atomic E-state index is 0.0341. The van der Waals surface area contributed by atoms with Crippen LogP contribution in [0.2, 0.25) is 0 Å². The number of ether oxygens (including phenoxy) is 1. The third-order valence-electron chi connectivity index (χ3n) is 4.47. The number of alkyl halides is 5. The van der Waals surface area contributed by atoms with Gasteiger partial charge in [-0.15, -0.1) is 0 Å². The van der Waals surface area contributed by atoms with Crippen LogP contribution in [0.3, 0.4) is 0 Å². The van der Waals surface area contributed by atoms with Crippen LogP contribution in [0.5, 0.6) is 5.75 Å². The van der Waals surface area contributed by atoms with E-state index in [1.165, 1.54) is 37.3 Å². The maximum Gasteiger partial charge on any atom is 0.387 e. The molecule has 32 heavy (non-hydrogen) atoms. The molecule has 11 heteroatoms. The van der Waals surface area contributed by atoms with Crippen molar-refractivity contribution in [2.45, 2.75) is 37.7 Å². The Labute approximate surface area is 186 Å². The van der Waals surface area contributed by atoms with Crippen LogP contribution in [0.15, 0.2) is 48.5 Å². The number of hydrogen-bond acceptors (Lipinski definition) is 4. The molecule has 1 atom stereocenters. The van der Waals surface area contributed by atoms with Crippen LogP contribution in [-0.4, -0.2) is 29.0 Å². The van der Waals surface area contributed by atoms with E-state index in [0.29, 0.717) is 0 Å². The number of anilines is 2. The van der Waals surface area contributed by atoms with Crippen molar-refractivity contribution in [2.75, 3.05) is 10.6 Å². The maximum absolute atomic E-state index is 13.9. The first-order chi connectivity index (χ1) is 14.9. The van der Waals surface area contributed by atoms with E-state index in [4.69, 9.17) is 17.0 Å². The highest BCUT2D eigenvalue weighted by Crippen LogP contribution is 2.33. The van der Waals surface area contributed by atoms with Crippen LogP contribution < -0.4 is 15.4 Å². The molecule has 6 nitrogen and oxygen atoms in total. The summed E-state index contributed by atoms with van der Waals surface area (Å²) in [5.41, 5.74) is -0.796. The summed E-state index contributed by atoms with van der Waals surface area (Å²) in [7, 11) is 0. The predicted molar refractivity (Wildman–Crippen MR) is 113 cm³/mol. The molecule has 0 saturated heterocycles. The molecule has 0 aliphatic rings. The second kappa shape index (κ2) is 9.99. The molecule has 3 N–H and O–H groups in total. The molecule has 1 unspecified atom stereocenters. The zero-order valence-electron chi connectivity index (χ0n) is 17.0. The summed E-state index contributed by atoms with van der Waals surface area (Å²) < 4.78 is 56.6. The quantitative estimate of drug-likeness (QED) is 0.197. The fraction of sp³-hybridized carbons (Fsp3) is 0.286. The molecule has 172 valence electrons. The van der Waals surface area contributed by atoms with Crippen LogP contribution in [0.1, 0.15) is 25.8 Å². The molecule has 0 bridgehead atoms. The van der Waals surface area contributed by atoms with E-state index >= 15 is 0 Å². The highest BCUT2D eigenvalue weighted by molar-refractivity contribution is 6.59. The lowest BCUT2D eigenvalue weighted by Crippen LogP contribution is -2.53. The van der Waals surface area contributed by atoms with Crippen LogP contribution in [0.25, 0.3) is 0 Å². The molecule has 0 radical (unpaired) electrons. The van der Waals surface area contributed by atoms with E-state index in [2.05, 4.69) is 15.4 Å². The van der Waals surface area contributed by atoms with Crippen molar-refractivity contribution in [2.24, 2.45) is 0 Å². The van der Waals surface area contributed by atoms with Gasteiger partial charge in [0.2, 0.25) is 4.87 Å². The van der Waals surface area contributed by atoms with E-state index in [1.54, 1.807) is 0 Å². The normalized spacial score (nSPS) is 13.2. The Kier molecular flexibility index (Phi) is 7.84. The van der Waals surface area contributed by atoms with Gasteiger partial charge in [0.05, 0.1) is 0 Å². The summed E-state index contributed by atoms with van der Waals surface area (Å²) in [6, 6.07) is 9.69. The molecule has 2 aromatic rings. The number of benzene rings is 2. The number of carbonyl (C=O) groups is 2. The van der Waals surface area contributed by atoms with Gasteiger partial charge in [-0.2, -0.15) is 8.78 Å². The lowest BCUT2D eigenvalue weighted by molar-refractivity contribution is -0.125. The Hall–Kier alpha value is -3.14. The first kappa shape index (κ1) is 25.1. The Morgan fingerprint density at radius 3 is 2.12 bits per heavy atom. The lowest BCUT2D eigenvalue weighted by atomic mass is 10.00. The number of amides is 2. The SMILES string of the molecule is CCC(F)(F)c1cccc(NC(=O)C(Cl)(C(C)=N)C(=O)Nc2ccc(OC(F)F)cc2)c1. The van der Waals surface area contributed by atoms with E-state index in [9.17, 15) is 27.2 Å². The highest BCUT2D eigenvalue weighted by atomic mass is 35.5. The summed E-state index contributed by atoms with van der Waals surface area (Å²) >= 11 is 6.21. The fourth-order valence-electron chi connectivity index (χ4n) is 2.63. The average molecular weight is 474 g/mol. The van der Waals surface area contributed by atoms with Gasteiger partial charge in [0, 0.05) is 29.1 Å². The second-order valence-corrected chi connectivity index (χ2v) is 7.30. The van der Waals surface area contributed by atoms with Gasteiger partial charge in [-0.25, -0.2) is 8.78 Å². The van der Waals surface area contributed by atoms with Crippen molar-refractivity contribution in [3.05, 3.63) is 54.1 Å². The smallest absolute Gasteiger partial charge is 0.387 e. The van der Waals surface area contributed by atoms with Crippen molar-refractivity contribution < 1.29 is 31.9 Å². The van der Waals surface area contributed by atoms with Crippen molar-refractivity contribution in [3.8, 4) is 5.75 Å². The third-order valence-corrected chi connectivity index (χ3v) is 5.09. The van der Waals surface area contributed by atoms with Gasteiger partial charge in [-0.3, -0.25) is 9.59 Å². The minimum Gasteiger partial charge on any atom is -0.435 e. The van der Waals surface area contributed by atoms with Crippen LogP contribution in [0.4, 0.5) is 28.9 Å². The molecule has 0 heterocycles. The zero-order valence-corrected chi connectivity index (χ0v) is 17.8.